The van der Waals surface area contributed by atoms with Gasteiger partial charge in [0.2, 0.25) is 0 Å². The zero-order valence-corrected chi connectivity index (χ0v) is 14.6. The van der Waals surface area contributed by atoms with Gasteiger partial charge in [-0.15, -0.1) is 0 Å². The van der Waals surface area contributed by atoms with E-state index in [1.807, 2.05) is 18.2 Å². The van der Waals surface area contributed by atoms with Crippen molar-refractivity contribution >= 4 is 0 Å². The molecule has 132 valence electrons. The van der Waals surface area contributed by atoms with Crippen molar-refractivity contribution in [3.05, 3.63) is 54.2 Å². The van der Waals surface area contributed by atoms with Crippen LogP contribution in [0.3, 0.4) is 0 Å². The second-order valence-electron chi connectivity index (χ2n) is 7.03. The van der Waals surface area contributed by atoms with Crippen LogP contribution in [0.25, 0.3) is 0 Å². The molecule has 0 spiro atoms. The van der Waals surface area contributed by atoms with E-state index in [1.165, 1.54) is 18.4 Å². The van der Waals surface area contributed by atoms with Crippen LogP contribution in [-0.4, -0.2) is 24.2 Å². The van der Waals surface area contributed by atoms with Gasteiger partial charge in [0, 0.05) is 18.7 Å². The van der Waals surface area contributed by atoms with E-state index in [4.69, 9.17) is 9.47 Å². The molecule has 1 aliphatic carbocycles. The molecule has 2 atom stereocenters. The maximum absolute atomic E-state index is 6.50. The van der Waals surface area contributed by atoms with Crippen molar-refractivity contribution in [3.63, 3.8) is 0 Å². The number of hydrogen-bond acceptors (Lipinski definition) is 4. The minimum atomic E-state index is 0.0197. The van der Waals surface area contributed by atoms with Crippen molar-refractivity contribution in [2.45, 2.75) is 44.3 Å². The van der Waals surface area contributed by atoms with E-state index in [9.17, 15) is 0 Å². The topological polar surface area (TPSA) is 43.4 Å². The van der Waals surface area contributed by atoms with Crippen LogP contribution >= 0.6 is 0 Å². The summed E-state index contributed by atoms with van der Waals surface area (Å²) in [5.41, 5.74) is 1.21. The first-order valence-corrected chi connectivity index (χ1v) is 9.44. The molecule has 1 N–H and O–H groups in total. The lowest BCUT2D eigenvalue weighted by molar-refractivity contribution is 0.126. The third-order valence-electron chi connectivity index (χ3n) is 5.23. The lowest BCUT2D eigenvalue weighted by Gasteiger charge is -2.26. The fraction of sp³-hybridized carbons (Fsp3) is 0.476. The molecule has 2 aliphatic rings. The smallest absolute Gasteiger partial charge is 0.257 e. The van der Waals surface area contributed by atoms with Gasteiger partial charge in [-0.05, 0) is 56.3 Å². The predicted molar refractivity (Wildman–Crippen MR) is 97.9 cm³/mol. The number of nitrogens with one attached hydrogen (secondary N) is 1. The zero-order chi connectivity index (χ0) is 16.9. The summed E-state index contributed by atoms with van der Waals surface area (Å²) in [5.74, 6) is 1.86. The maximum atomic E-state index is 6.50. The summed E-state index contributed by atoms with van der Waals surface area (Å²) in [4.78, 5) is 4.45. The van der Waals surface area contributed by atoms with Crippen LogP contribution in [0.15, 0.2) is 48.7 Å². The third kappa shape index (κ3) is 3.96. The van der Waals surface area contributed by atoms with E-state index in [0.717, 1.165) is 38.1 Å². The molecule has 1 aliphatic heterocycles. The third-order valence-corrected chi connectivity index (χ3v) is 5.23. The predicted octanol–water partition coefficient (Wildman–Crippen LogP) is 4.13. The Morgan fingerprint density at radius 2 is 1.84 bits per heavy atom. The second kappa shape index (κ2) is 7.87. The van der Waals surface area contributed by atoms with Crippen molar-refractivity contribution in [1.29, 1.82) is 0 Å². The highest BCUT2D eigenvalue weighted by molar-refractivity contribution is 5.34. The Hall–Kier alpha value is -2.07. The first-order chi connectivity index (χ1) is 12.4. The minimum absolute atomic E-state index is 0.0197. The van der Waals surface area contributed by atoms with Gasteiger partial charge in [-0.1, -0.05) is 30.3 Å². The normalized spacial score (nSPS) is 22.0. The molecule has 1 saturated heterocycles. The number of benzene rings is 1. The summed E-state index contributed by atoms with van der Waals surface area (Å²) in [6.45, 7) is 2.04. The first kappa shape index (κ1) is 16.4. The molecule has 4 rings (SSSR count). The van der Waals surface area contributed by atoms with Crippen molar-refractivity contribution in [1.82, 2.24) is 10.3 Å². The van der Waals surface area contributed by atoms with Crippen molar-refractivity contribution in [3.8, 4) is 11.6 Å². The Morgan fingerprint density at radius 1 is 1.00 bits per heavy atom. The Labute approximate surface area is 149 Å². The summed E-state index contributed by atoms with van der Waals surface area (Å²) in [6.07, 6.45) is 7.92. The average molecular weight is 338 g/mol. The number of ether oxygens (including phenoxy) is 2. The Bertz CT molecular complexity index is 665. The molecule has 1 aromatic carbocycles. The lowest BCUT2D eigenvalue weighted by Crippen LogP contribution is -2.22. The van der Waals surface area contributed by atoms with Gasteiger partial charge in [0.1, 0.15) is 12.2 Å². The summed E-state index contributed by atoms with van der Waals surface area (Å²) in [7, 11) is 0. The molecule has 4 heteroatoms. The molecule has 1 unspecified atom stereocenters. The fourth-order valence-corrected chi connectivity index (χ4v) is 3.87. The summed E-state index contributed by atoms with van der Waals surface area (Å²) < 4.78 is 12.7. The molecule has 0 amide bonds. The number of nitrogens with zero attached hydrogens (tertiary/aromatic N) is 1. The summed E-state index contributed by atoms with van der Waals surface area (Å²) >= 11 is 0. The molecule has 2 aromatic rings. The molecule has 1 saturated carbocycles. The Kier molecular flexibility index (Phi) is 5.17. The van der Waals surface area contributed by atoms with E-state index in [0.29, 0.717) is 11.8 Å². The molecule has 1 aromatic heterocycles. The lowest BCUT2D eigenvalue weighted by atomic mass is 9.95. The van der Waals surface area contributed by atoms with Crippen LogP contribution in [-0.2, 0) is 0 Å². The van der Waals surface area contributed by atoms with Gasteiger partial charge in [0.25, 0.3) is 5.88 Å². The van der Waals surface area contributed by atoms with E-state index < -0.39 is 0 Å². The minimum Gasteiger partial charge on any atom is -0.480 e. The number of hydrogen-bond donors (Lipinski definition) is 1. The second-order valence-corrected chi connectivity index (χ2v) is 7.03. The maximum Gasteiger partial charge on any atom is 0.257 e. The standard InChI is InChI=1S/C21H26N2O2/c1-2-7-16(8-3-1)20(17-12-14-22-15-17)25-19-11-6-13-23-21(19)24-18-9-4-5-10-18/h1-3,6-8,11,13,17-18,20,22H,4-5,9-10,12,14-15H2/t17?,20-/m0/s1. The number of aromatic nitrogens is 1. The number of pyridine rings is 1. The van der Waals surface area contributed by atoms with Gasteiger partial charge in [0.05, 0.1) is 0 Å². The van der Waals surface area contributed by atoms with Gasteiger partial charge in [-0.25, -0.2) is 4.98 Å². The largest absolute Gasteiger partial charge is 0.480 e. The van der Waals surface area contributed by atoms with Crippen LogP contribution in [0.2, 0.25) is 0 Å². The molecular weight excluding hydrogens is 312 g/mol. The summed E-state index contributed by atoms with van der Waals surface area (Å²) in [5, 5.41) is 3.45. The SMILES string of the molecule is c1ccc([C@H](Oc2cccnc2OC2CCCC2)C2CCNC2)cc1. The van der Waals surface area contributed by atoms with E-state index >= 15 is 0 Å². The van der Waals surface area contributed by atoms with E-state index in [-0.39, 0.29) is 12.2 Å². The molecule has 0 radical (unpaired) electrons. The van der Waals surface area contributed by atoms with Gasteiger partial charge in [-0.2, -0.15) is 0 Å². The van der Waals surface area contributed by atoms with E-state index in [2.05, 4.69) is 34.6 Å². The average Bonchev–Trinajstić information content (AvgIpc) is 3.36. The van der Waals surface area contributed by atoms with E-state index in [1.54, 1.807) is 6.20 Å². The van der Waals surface area contributed by atoms with Gasteiger partial charge >= 0.3 is 0 Å². The molecule has 4 nitrogen and oxygen atoms in total. The van der Waals surface area contributed by atoms with Gasteiger partial charge in [-0.3, -0.25) is 0 Å². The molecule has 0 bridgehead atoms. The quantitative estimate of drug-likeness (QED) is 0.860. The molecular formula is C21H26N2O2. The highest BCUT2D eigenvalue weighted by atomic mass is 16.5. The fourth-order valence-electron chi connectivity index (χ4n) is 3.87. The van der Waals surface area contributed by atoms with Crippen LogP contribution < -0.4 is 14.8 Å². The van der Waals surface area contributed by atoms with Gasteiger partial charge < -0.3 is 14.8 Å². The molecule has 25 heavy (non-hydrogen) atoms. The monoisotopic (exact) mass is 338 g/mol. The highest BCUT2D eigenvalue weighted by Crippen LogP contribution is 2.36. The van der Waals surface area contributed by atoms with Crippen molar-refractivity contribution in [2.24, 2.45) is 5.92 Å². The Balaban J connectivity index is 1.57. The van der Waals surface area contributed by atoms with Crippen molar-refractivity contribution in [2.75, 3.05) is 13.1 Å². The first-order valence-electron chi connectivity index (χ1n) is 9.44. The van der Waals surface area contributed by atoms with Crippen LogP contribution in [0.1, 0.15) is 43.8 Å². The van der Waals surface area contributed by atoms with Crippen molar-refractivity contribution < 1.29 is 9.47 Å². The van der Waals surface area contributed by atoms with Crippen LogP contribution in [0, 0.1) is 5.92 Å². The van der Waals surface area contributed by atoms with Crippen LogP contribution in [0.5, 0.6) is 11.6 Å². The summed E-state index contributed by atoms with van der Waals surface area (Å²) in [6, 6.07) is 14.4. The zero-order valence-electron chi connectivity index (χ0n) is 14.6. The van der Waals surface area contributed by atoms with Crippen LogP contribution in [0.4, 0.5) is 0 Å². The Morgan fingerprint density at radius 3 is 2.60 bits per heavy atom. The van der Waals surface area contributed by atoms with Gasteiger partial charge in [0.15, 0.2) is 5.75 Å². The molecule has 2 fully saturated rings. The number of rotatable bonds is 6. The molecule has 2 heterocycles. The highest BCUT2D eigenvalue weighted by Gasteiger charge is 2.29.